The summed E-state index contributed by atoms with van der Waals surface area (Å²) in [6, 6.07) is 0.208. The average Bonchev–Trinajstić information content (AvgIpc) is 3.25. The number of carbonyl (C=O) groups is 2. The maximum absolute atomic E-state index is 14.1. The zero-order chi connectivity index (χ0) is 28.5. The Morgan fingerprint density at radius 3 is 2.42 bits per heavy atom. The number of piperidine rings is 1. The Hall–Kier alpha value is -2.94. The van der Waals surface area contributed by atoms with Gasteiger partial charge >= 0.3 is 12.4 Å². The first-order valence-corrected chi connectivity index (χ1v) is 12.5. The summed E-state index contributed by atoms with van der Waals surface area (Å²) in [6.07, 6.45) is -6.77. The number of thiazole rings is 1. The first-order valence-electron chi connectivity index (χ1n) is 11.7. The molecule has 0 bridgehead atoms. The average molecular weight is 568 g/mol. The third-order valence-electron chi connectivity index (χ3n) is 5.69. The molecule has 2 amide bonds. The molecule has 0 radical (unpaired) electrons. The van der Waals surface area contributed by atoms with Crippen LogP contribution in [0.15, 0.2) is 12.3 Å². The first-order chi connectivity index (χ1) is 17.5. The van der Waals surface area contributed by atoms with Crippen molar-refractivity contribution in [2.75, 3.05) is 25.0 Å². The molecule has 1 fully saturated rings. The van der Waals surface area contributed by atoms with E-state index in [2.05, 4.69) is 15.3 Å². The van der Waals surface area contributed by atoms with Crippen molar-refractivity contribution >= 4 is 29.0 Å². The molecule has 1 aliphatic rings. The lowest BCUT2D eigenvalue weighted by Crippen LogP contribution is -2.42. The number of alkyl halides is 6. The normalized spacial score (nSPS) is 16.9. The number of nitrogens with zero attached hydrogens (tertiary/aromatic N) is 3. The number of pyridine rings is 1. The van der Waals surface area contributed by atoms with Gasteiger partial charge in [0.05, 0.1) is 16.0 Å². The molecule has 3 N–H and O–H groups in total. The van der Waals surface area contributed by atoms with E-state index in [9.17, 15) is 41.0 Å². The molecule has 0 aliphatic carbocycles. The number of hydrogen-bond acceptors (Lipinski definition) is 7. The van der Waals surface area contributed by atoms with Crippen LogP contribution in [-0.2, 0) is 6.18 Å². The fraction of sp³-hybridized carbons (Fsp3) is 0.565. The number of anilines is 1. The van der Waals surface area contributed by atoms with Crippen molar-refractivity contribution in [2.45, 2.75) is 64.0 Å². The topological polar surface area (TPSA) is 107 Å². The smallest absolute Gasteiger partial charge is 0.389 e. The molecule has 0 aromatic carbocycles. The Labute approximate surface area is 218 Å². The van der Waals surface area contributed by atoms with Gasteiger partial charge in [0.15, 0.2) is 5.01 Å². The minimum absolute atomic E-state index is 0.192. The predicted molar refractivity (Wildman–Crippen MR) is 128 cm³/mol. The van der Waals surface area contributed by atoms with E-state index in [1.807, 2.05) is 5.32 Å². The fourth-order valence-corrected chi connectivity index (χ4v) is 4.81. The Kier molecular flexibility index (Phi) is 8.61. The minimum atomic E-state index is -5.03. The number of carbonyl (C=O) groups excluding carboxylic acids is 2. The van der Waals surface area contributed by atoms with Crippen molar-refractivity contribution in [1.29, 1.82) is 0 Å². The number of nitrogens with one attached hydrogen (secondary N) is 2. The van der Waals surface area contributed by atoms with Crippen LogP contribution in [0.1, 0.15) is 65.9 Å². The summed E-state index contributed by atoms with van der Waals surface area (Å²) in [5.41, 5.74) is -3.61. The van der Waals surface area contributed by atoms with Gasteiger partial charge in [-0.2, -0.15) is 26.3 Å². The van der Waals surface area contributed by atoms with Gasteiger partial charge in [0.25, 0.3) is 11.8 Å². The molecular weight excluding hydrogens is 540 g/mol. The standard InChI is InChI=1S/C23H27F6N5O3S/c1-12-6-4-5-7-34(12)20(36)16-17(38-19(33-16)18(35)32-10-21(2,3)37)13-9-30-15(31-11-22(24,25)26)8-14(13)23(27,28)29/h8-9,12,37H,4-7,10-11H2,1-3H3,(H,30,31)(H,32,35). The van der Waals surface area contributed by atoms with E-state index in [-0.39, 0.29) is 28.2 Å². The molecule has 3 heterocycles. The van der Waals surface area contributed by atoms with E-state index in [4.69, 9.17) is 0 Å². The van der Waals surface area contributed by atoms with Gasteiger partial charge in [0.2, 0.25) is 0 Å². The predicted octanol–water partition coefficient (Wildman–Crippen LogP) is 4.71. The molecule has 3 rings (SSSR count). The van der Waals surface area contributed by atoms with Crippen molar-refractivity contribution < 1.29 is 41.0 Å². The first kappa shape index (κ1) is 29.6. The van der Waals surface area contributed by atoms with Crippen molar-refractivity contribution in [3.8, 4) is 10.4 Å². The van der Waals surface area contributed by atoms with Gasteiger partial charge in [-0.3, -0.25) is 9.59 Å². The molecule has 210 valence electrons. The Bertz CT molecular complexity index is 1180. The van der Waals surface area contributed by atoms with Crippen molar-refractivity contribution in [3.05, 3.63) is 28.5 Å². The molecular formula is C23H27F6N5O3S. The van der Waals surface area contributed by atoms with E-state index < -0.39 is 53.3 Å². The summed E-state index contributed by atoms with van der Waals surface area (Å²) in [4.78, 5) is 35.1. The number of halogens is 6. The van der Waals surface area contributed by atoms with E-state index >= 15 is 0 Å². The SMILES string of the molecule is CC1CCCCN1C(=O)c1nc(C(=O)NCC(C)(C)O)sc1-c1cnc(NCC(F)(F)F)cc1C(F)(F)F. The number of aliphatic hydroxyl groups is 1. The molecule has 38 heavy (non-hydrogen) atoms. The van der Waals surface area contributed by atoms with Crippen LogP contribution < -0.4 is 10.6 Å². The fourth-order valence-electron chi connectivity index (χ4n) is 3.81. The zero-order valence-electron chi connectivity index (χ0n) is 20.8. The maximum Gasteiger partial charge on any atom is 0.417 e. The monoisotopic (exact) mass is 567 g/mol. The summed E-state index contributed by atoms with van der Waals surface area (Å²) in [6.45, 7) is 3.22. The minimum Gasteiger partial charge on any atom is -0.389 e. The van der Waals surface area contributed by atoms with Gasteiger partial charge in [-0.25, -0.2) is 9.97 Å². The van der Waals surface area contributed by atoms with Crippen molar-refractivity contribution in [2.24, 2.45) is 0 Å². The van der Waals surface area contributed by atoms with Gasteiger partial charge < -0.3 is 20.6 Å². The van der Waals surface area contributed by atoms with Crippen LogP contribution in [0.25, 0.3) is 10.4 Å². The third kappa shape index (κ3) is 7.56. The second-order valence-corrected chi connectivity index (χ2v) is 10.6. The highest BCUT2D eigenvalue weighted by molar-refractivity contribution is 7.17. The number of hydrogen-bond donors (Lipinski definition) is 3. The van der Waals surface area contributed by atoms with Crippen LogP contribution in [0.2, 0.25) is 0 Å². The number of likely N-dealkylation sites (tertiary alicyclic amines) is 1. The molecule has 0 spiro atoms. The molecule has 8 nitrogen and oxygen atoms in total. The van der Waals surface area contributed by atoms with E-state index in [1.165, 1.54) is 18.7 Å². The lowest BCUT2D eigenvalue weighted by Gasteiger charge is -2.33. The second kappa shape index (κ2) is 11.0. The van der Waals surface area contributed by atoms with E-state index in [1.54, 1.807) is 6.92 Å². The summed E-state index contributed by atoms with van der Waals surface area (Å²) in [5, 5.41) is 13.8. The molecule has 15 heteroatoms. The highest BCUT2D eigenvalue weighted by Gasteiger charge is 2.38. The summed E-state index contributed by atoms with van der Waals surface area (Å²) >= 11 is 0.526. The highest BCUT2D eigenvalue weighted by Crippen LogP contribution is 2.42. The van der Waals surface area contributed by atoms with Gasteiger partial charge in [-0.05, 0) is 46.1 Å². The Balaban J connectivity index is 2.11. The molecule has 0 saturated carbocycles. The van der Waals surface area contributed by atoms with Crippen LogP contribution in [0.5, 0.6) is 0 Å². The number of aromatic nitrogens is 2. The molecule has 2 aromatic heterocycles. The number of amides is 2. The molecule has 1 saturated heterocycles. The van der Waals surface area contributed by atoms with Gasteiger partial charge in [-0.15, -0.1) is 11.3 Å². The summed E-state index contributed by atoms with van der Waals surface area (Å²) in [5.74, 6) is -2.14. The van der Waals surface area contributed by atoms with E-state index in [0.717, 1.165) is 6.42 Å². The maximum atomic E-state index is 14.1. The van der Waals surface area contributed by atoms with Gasteiger partial charge in [-0.1, -0.05) is 0 Å². The van der Waals surface area contributed by atoms with Crippen LogP contribution >= 0.6 is 11.3 Å². The Morgan fingerprint density at radius 1 is 1.16 bits per heavy atom. The van der Waals surface area contributed by atoms with Crippen LogP contribution in [0, 0.1) is 0 Å². The lowest BCUT2D eigenvalue weighted by atomic mass is 10.0. The second-order valence-electron chi connectivity index (χ2n) is 9.62. The molecule has 2 aromatic rings. The third-order valence-corrected chi connectivity index (χ3v) is 6.78. The Morgan fingerprint density at radius 2 is 1.84 bits per heavy atom. The van der Waals surface area contributed by atoms with Gasteiger partial charge in [0, 0.05) is 30.9 Å². The molecule has 1 atom stereocenters. The van der Waals surface area contributed by atoms with Crippen LogP contribution in [0.4, 0.5) is 32.2 Å². The van der Waals surface area contributed by atoms with E-state index in [0.29, 0.717) is 43.0 Å². The van der Waals surface area contributed by atoms with Crippen molar-refractivity contribution in [1.82, 2.24) is 20.2 Å². The quantitative estimate of drug-likeness (QED) is 0.419. The summed E-state index contributed by atoms with van der Waals surface area (Å²) < 4.78 is 79.9. The largest absolute Gasteiger partial charge is 0.417 e. The van der Waals surface area contributed by atoms with Crippen molar-refractivity contribution in [3.63, 3.8) is 0 Å². The zero-order valence-corrected chi connectivity index (χ0v) is 21.6. The number of rotatable bonds is 7. The summed E-state index contributed by atoms with van der Waals surface area (Å²) in [7, 11) is 0. The van der Waals surface area contributed by atoms with Gasteiger partial charge in [0.1, 0.15) is 18.1 Å². The molecule has 1 unspecified atom stereocenters. The highest BCUT2D eigenvalue weighted by atomic mass is 32.1. The lowest BCUT2D eigenvalue weighted by molar-refractivity contribution is -0.137. The van der Waals surface area contributed by atoms with Crippen LogP contribution in [-0.4, -0.2) is 69.2 Å². The molecule has 1 aliphatic heterocycles. The van der Waals surface area contributed by atoms with Crippen LogP contribution in [0.3, 0.4) is 0 Å².